The number of aliphatic imine (C=N–C) groups is 1. The summed E-state index contributed by atoms with van der Waals surface area (Å²) in [6, 6.07) is 14.9. The van der Waals surface area contributed by atoms with Crippen molar-refractivity contribution in [1.29, 1.82) is 0 Å². The van der Waals surface area contributed by atoms with Crippen molar-refractivity contribution in [3.05, 3.63) is 76.1 Å². The fourth-order valence-corrected chi connectivity index (χ4v) is 6.95. The molecule has 1 aliphatic heterocycles. The van der Waals surface area contributed by atoms with E-state index >= 15 is 0 Å². The van der Waals surface area contributed by atoms with Gasteiger partial charge in [0.15, 0.2) is 5.82 Å². The molecule has 5 rings (SSSR count). The second-order valence-corrected chi connectivity index (χ2v) is 14.9. The van der Waals surface area contributed by atoms with Crippen molar-refractivity contribution in [2.24, 2.45) is 21.7 Å². The van der Waals surface area contributed by atoms with Gasteiger partial charge in [-0.15, -0.1) is 10.2 Å². The summed E-state index contributed by atoms with van der Waals surface area (Å²) in [7, 11) is 0. The zero-order chi connectivity index (χ0) is 32.4. The first-order valence-electron chi connectivity index (χ1n) is 16.1. The predicted molar refractivity (Wildman–Crippen MR) is 177 cm³/mol. The van der Waals surface area contributed by atoms with Crippen molar-refractivity contribution in [3.63, 3.8) is 0 Å². The van der Waals surface area contributed by atoms with Crippen LogP contribution in [0.15, 0.2) is 53.5 Å². The van der Waals surface area contributed by atoms with Crippen molar-refractivity contribution in [2.45, 2.75) is 105 Å². The standard InChI is InChI=1S/C35H46ClN7O2/c1-7-34(5,6)26-15-19-35(20-16-26)38-30(25-9-8-10-27(36)21-25)32(45)43(35)28(17-18-33(2,3)4)23-11-13-24(14-12-23)31(44)37-22-29-39-41-42-40-29/h8-14,21,26,28H,7,15-20,22H2,1-6H3,(H,37,44)(H,39,40,41,42)/t26?,28-,35?/m1/s1. The van der Waals surface area contributed by atoms with Crippen molar-refractivity contribution >= 4 is 29.1 Å². The van der Waals surface area contributed by atoms with E-state index in [1.165, 1.54) is 0 Å². The maximum atomic E-state index is 14.6. The normalized spacial score (nSPS) is 21.2. The van der Waals surface area contributed by atoms with Gasteiger partial charge in [-0.3, -0.25) is 14.6 Å². The van der Waals surface area contributed by atoms with Gasteiger partial charge in [0.05, 0.1) is 12.6 Å². The molecule has 1 atom stereocenters. The second-order valence-electron chi connectivity index (χ2n) is 14.5. The number of benzene rings is 2. The molecule has 0 saturated heterocycles. The summed E-state index contributed by atoms with van der Waals surface area (Å²) >= 11 is 6.40. The minimum atomic E-state index is -0.627. The van der Waals surface area contributed by atoms with Crippen LogP contribution in [0.5, 0.6) is 0 Å². The molecule has 240 valence electrons. The van der Waals surface area contributed by atoms with Crippen LogP contribution in [0, 0.1) is 16.7 Å². The predicted octanol–water partition coefficient (Wildman–Crippen LogP) is 7.30. The summed E-state index contributed by atoms with van der Waals surface area (Å²) in [6.07, 6.45) is 6.49. The summed E-state index contributed by atoms with van der Waals surface area (Å²) < 4.78 is 0. The Balaban J connectivity index is 1.49. The number of carbonyl (C=O) groups is 2. The molecule has 1 fully saturated rings. The van der Waals surface area contributed by atoms with Gasteiger partial charge in [-0.2, -0.15) is 5.21 Å². The van der Waals surface area contributed by atoms with Crippen LogP contribution < -0.4 is 5.32 Å². The number of aromatic amines is 1. The van der Waals surface area contributed by atoms with E-state index in [-0.39, 0.29) is 35.2 Å². The smallest absolute Gasteiger partial charge is 0.275 e. The second kappa shape index (κ2) is 13.0. The zero-order valence-electron chi connectivity index (χ0n) is 27.4. The van der Waals surface area contributed by atoms with Gasteiger partial charge in [0.2, 0.25) is 0 Å². The highest BCUT2D eigenvalue weighted by Gasteiger charge is 2.53. The molecule has 3 aromatic rings. The Labute approximate surface area is 271 Å². The Bertz CT molecular complexity index is 1520. The molecule has 0 bridgehead atoms. The number of amides is 2. The van der Waals surface area contributed by atoms with Gasteiger partial charge in [-0.25, -0.2) is 0 Å². The van der Waals surface area contributed by atoms with E-state index in [1.54, 1.807) is 0 Å². The fraction of sp³-hybridized carbons (Fsp3) is 0.543. The molecule has 0 unspecified atom stereocenters. The number of carbonyl (C=O) groups excluding carboxylic acids is 2. The number of tetrazole rings is 1. The van der Waals surface area contributed by atoms with Crippen LogP contribution in [-0.4, -0.2) is 48.7 Å². The van der Waals surface area contributed by atoms with Crippen LogP contribution in [0.2, 0.25) is 5.02 Å². The van der Waals surface area contributed by atoms with Crippen molar-refractivity contribution in [3.8, 4) is 0 Å². The van der Waals surface area contributed by atoms with Crippen LogP contribution in [-0.2, 0) is 11.3 Å². The lowest BCUT2D eigenvalue weighted by molar-refractivity contribution is -0.134. The average Bonchev–Trinajstić information content (AvgIpc) is 3.63. The van der Waals surface area contributed by atoms with Gasteiger partial charge in [0.1, 0.15) is 11.4 Å². The number of nitrogens with zero attached hydrogens (tertiary/aromatic N) is 5. The molecule has 2 heterocycles. The van der Waals surface area contributed by atoms with Crippen LogP contribution in [0.1, 0.15) is 120 Å². The summed E-state index contributed by atoms with van der Waals surface area (Å²) in [6.45, 7) is 13.9. The number of hydrogen-bond donors (Lipinski definition) is 2. The lowest BCUT2D eigenvalue weighted by Gasteiger charge is -2.48. The van der Waals surface area contributed by atoms with E-state index in [0.29, 0.717) is 28.0 Å². The lowest BCUT2D eigenvalue weighted by atomic mass is 9.67. The van der Waals surface area contributed by atoms with E-state index < -0.39 is 5.66 Å². The minimum Gasteiger partial charge on any atom is -0.345 e. The molecule has 2 amide bonds. The first kappa shape index (κ1) is 32.8. The Kier molecular flexibility index (Phi) is 9.49. The maximum absolute atomic E-state index is 14.6. The highest BCUT2D eigenvalue weighted by molar-refractivity contribution is 6.47. The largest absolute Gasteiger partial charge is 0.345 e. The third-order valence-electron chi connectivity index (χ3n) is 9.92. The highest BCUT2D eigenvalue weighted by Crippen LogP contribution is 2.51. The SMILES string of the molecule is CCC(C)(C)C1CCC2(CC1)N=C(c1cccc(Cl)c1)C(=O)N2[C@H](CCC(C)(C)C)c1ccc(C(=O)NCc2nn[nH]n2)cc1. The molecule has 1 aromatic heterocycles. The Morgan fingerprint density at radius 3 is 2.42 bits per heavy atom. The lowest BCUT2D eigenvalue weighted by Crippen LogP contribution is -2.51. The van der Waals surface area contributed by atoms with Gasteiger partial charge in [-0.1, -0.05) is 89.0 Å². The van der Waals surface area contributed by atoms with Gasteiger partial charge in [0.25, 0.3) is 11.8 Å². The third kappa shape index (κ3) is 7.29. The summed E-state index contributed by atoms with van der Waals surface area (Å²) in [5.41, 5.74) is 2.46. The molecular formula is C35H46ClN7O2. The van der Waals surface area contributed by atoms with Crippen molar-refractivity contribution in [1.82, 2.24) is 30.8 Å². The minimum absolute atomic E-state index is 0.0497. The molecular weight excluding hydrogens is 586 g/mol. The monoisotopic (exact) mass is 631 g/mol. The van der Waals surface area contributed by atoms with Gasteiger partial charge < -0.3 is 10.2 Å². The molecule has 2 aromatic carbocycles. The number of rotatable bonds is 10. The van der Waals surface area contributed by atoms with E-state index in [9.17, 15) is 9.59 Å². The molecule has 2 aliphatic rings. The molecule has 1 spiro atoms. The van der Waals surface area contributed by atoms with Crippen molar-refractivity contribution in [2.75, 3.05) is 0 Å². The summed E-state index contributed by atoms with van der Waals surface area (Å²) in [5.74, 6) is 0.711. The molecule has 9 nitrogen and oxygen atoms in total. The number of H-pyrrole nitrogens is 1. The molecule has 2 N–H and O–H groups in total. The zero-order valence-corrected chi connectivity index (χ0v) is 28.1. The first-order chi connectivity index (χ1) is 21.3. The Morgan fingerprint density at radius 2 is 1.82 bits per heavy atom. The number of aromatic nitrogens is 4. The van der Waals surface area contributed by atoms with Crippen LogP contribution >= 0.6 is 11.6 Å². The van der Waals surface area contributed by atoms with Gasteiger partial charge in [-0.05, 0) is 85.1 Å². The van der Waals surface area contributed by atoms with Crippen LogP contribution in [0.3, 0.4) is 0 Å². The molecule has 45 heavy (non-hydrogen) atoms. The fourth-order valence-electron chi connectivity index (χ4n) is 6.76. The Hall–Kier alpha value is -3.59. The van der Waals surface area contributed by atoms with Crippen LogP contribution in [0.4, 0.5) is 0 Å². The van der Waals surface area contributed by atoms with E-state index in [2.05, 4.69) is 72.4 Å². The molecule has 1 saturated carbocycles. The van der Waals surface area contributed by atoms with E-state index in [0.717, 1.165) is 56.1 Å². The number of hydrogen-bond acceptors (Lipinski definition) is 6. The topological polar surface area (TPSA) is 116 Å². The third-order valence-corrected chi connectivity index (χ3v) is 10.2. The maximum Gasteiger partial charge on any atom is 0.275 e. The average molecular weight is 632 g/mol. The molecule has 0 radical (unpaired) electrons. The Morgan fingerprint density at radius 1 is 1.11 bits per heavy atom. The van der Waals surface area contributed by atoms with E-state index in [4.69, 9.17) is 16.6 Å². The highest BCUT2D eigenvalue weighted by atomic mass is 35.5. The summed E-state index contributed by atoms with van der Waals surface area (Å²) in [5, 5.41) is 17.1. The molecule has 1 aliphatic carbocycles. The van der Waals surface area contributed by atoms with Crippen molar-refractivity contribution < 1.29 is 9.59 Å². The van der Waals surface area contributed by atoms with Crippen LogP contribution in [0.25, 0.3) is 0 Å². The first-order valence-corrected chi connectivity index (χ1v) is 16.5. The van der Waals surface area contributed by atoms with Gasteiger partial charge >= 0.3 is 0 Å². The molecule has 10 heteroatoms. The quantitative estimate of drug-likeness (QED) is 0.243. The van der Waals surface area contributed by atoms with E-state index in [1.807, 2.05) is 48.5 Å². The number of halogens is 1. The number of nitrogens with one attached hydrogen (secondary N) is 2. The van der Waals surface area contributed by atoms with Gasteiger partial charge in [0, 0.05) is 16.1 Å². The summed E-state index contributed by atoms with van der Waals surface area (Å²) in [4.78, 5) is 34.9.